The maximum atomic E-state index is 7.98. The molecule has 0 atom stereocenters. The zero-order valence-electron chi connectivity index (χ0n) is 20.5. The van der Waals surface area contributed by atoms with Crippen molar-refractivity contribution in [1.29, 1.82) is 0 Å². The number of aliphatic hydroxyl groups is 2. The molecule has 2 aliphatic rings. The Bertz CT molecular complexity index is 608. The first-order chi connectivity index (χ1) is 15.1. The number of nitrogens with two attached hydrogens (primary N) is 1. The van der Waals surface area contributed by atoms with Gasteiger partial charge in [-0.1, -0.05) is 82.6 Å². The van der Waals surface area contributed by atoms with Gasteiger partial charge in [-0.3, -0.25) is 0 Å². The molecule has 0 radical (unpaired) electrons. The van der Waals surface area contributed by atoms with Crippen LogP contribution in [0.25, 0.3) is 0 Å². The summed E-state index contributed by atoms with van der Waals surface area (Å²) in [6, 6.07) is 9.28. The summed E-state index contributed by atoms with van der Waals surface area (Å²) in [5.74, 6) is 1.87. The highest BCUT2D eigenvalue weighted by Gasteiger charge is 2.14. The minimum Gasteiger partial charge on any atom is -0.487 e. The van der Waals surface area contributed by atoms with Gasteiger partial charge in [-0.25, -0.2) is 0 Å². The van der Waals surface area contributed by atoms with Crippen LogP contribution in [0.4, 0.5) is 0 Å². The molecular formula is C25H45N3O2S2. The van der Waals surface area contributed by atoms with E-state index in [0.717, 1.165) is 18.4 Å². The predicted molar refractivity (Wildman–Crippen MR) is 146 cm³/mol. The Morgan fingerprint density at radius 1 is 0.938 bits per heavy atom. The SMILES string of the molecule is CC1CCCCC1.CN(C)Cc1ccc(C2CCCCC2)cc1.CNC(O)=S.NC(O)=S. The Balaban J connectivity index is 0.000000495. The quantitative estimate of drug-likeness (QED) is 0.380. The summed E-state index contributed by atoms with van der Waals surface area (Å²) >= 11 is 8.01. The van der Waals surface area contributed by atoms with Crippen LogP contribution in [0.3, 0.4) is 0 Å². The maximum Gasteiger partial charge on any atom is 0.253 e. The fourth-order valence-corrected chi connectivity index (χ4v) is 4.00. The van der Waals surface area contributed by atoms with Crippen LogP contribution < -0.4 is 11.1 Å². The molecule has 184 valence electrons. The van der Waals surface area contributed by atoms with Crippen molar-refractivity contribution < 1.29 is 10.2 Å². The molecule has 0 aromatic heterocycles. The average Bonchev–Trinajstić information content (AvgIpc) is 2.75. The van der Waals surface area contributed by atoms with Crippen molar-refractivity contribution >= 4 is 34.8 Å². The van der Waals surface area contributed by atoms with E-state index in [1.54, 1.807) is 12.6 Å². The summed E-state index contributed by atoms with van der Waals surface area (Å²) in [7, 11) is 5.80. The second-order valence-corrected chi connectivity index (χ2v) is 9.76. The molecule has 7 heteroatoms. The van der Waals surface area contributed by atoms with E-state index in [2.05, 4.69) is 85.7 Å². The zero-order chi connectivity index (χ0) is 24.4. The average molecular weight is 484 g/mol. The molecule has 5 nitrogen and oxygen atoms in total. The Hall–Kier alpha value is -1.44. The van der Waals surface area contributed by atoms with Crippen LogP contribution in [0.15, 0.2) is 24.3 Å². The molecule has 0 aliphatic heterocycles. The molecule has 5 N–H and O–H groups in total. The molecule has 1 aromatic rings. The largest absolute Gasteiger partial charge is 0.487 e. The highest BCUT2D eigenvalue weighted by Crippen LogP contribution is 2.32. The smallest absolute Gasteiger partial charge is 0.253 e. The molecule has 3 rings (SSSR count). The number of hydrogen-bond donors (Lipinski definition) is 4. The van der Waals surface area contributed by atoms with Crippen LogP contribution in [0, 0.1) is 5.92 Å². The standard InChI is InChI=1S/C15H23N.C7H14.C2H5NOS.CH3NOS/c1-16(2)12-13-8-10-15(11-9-13)14-6-4-3-5-7-14;1-7-5-3-2-4-6-7;1-3-2(4)5;2-1(3)4/h8-11,14H,3-7,12H2,1-2H3;7H,2-6H2,1H3;1H3,(H2,3,4,5);(H3,2,3,4). The van der Waals surface area contributed by atoms with Crippen LogP contribution in [0.2, 0.25) is 0 Å². The van der Waals surface area contributed by atoms with Gasteiger partial charge in [0.05, 0.1) is 0 Å². The summed E-state index contributed by atoms with van der Waals surface area (Å²) < 4.78 is 0. The summed E-state index contributed by atoms with van der Waals surface area (Å²) in [4.78, 5) is 2.22. The Kier molecular flexibility index (Phi) is 18.2. The molecule has 2 fully saturated rings. The van der Waals surface area contributed by atoms with Gasteiger partial charge >= 0.3 is 0 Å². The van der Waals surface area contributed by atoms with Crippen molar-refractivity contribution in [2.45, 2.75) is 83.6 Å². The van der Waals surface area contributed by atoms with Gasteiger partial charge in [-0.05, 0) is 74.3 Å². The number of nitrogens with zero attached hydrogens (tertiary/aromatic N) is 1. The summed E-state index contributed by atoms with van der Waals surface area (Å²) in [6.07, 6.45) is 14.5. The predicted octanol–water partition coefficient (Wildman–Crippen LogP) is 6.22. The Morgan fingerprint density at radius 3 is 1.66 bits per heavy atom. The minimum atomic E-state index is -0.500. The van der Waals surface area contributed by atoms with Gasteiger partial charge in [0.1, 0.15) is 0 Å². The van der Waals surface area contributed by atoms with Crippen LogP contribution in [0.1, 0.15) is 88.2 Å². The van der Waals surface area contributed by atoms with Crippen molar-refractivity contribution in [3.63, 3.8) is 0 Å². The van der Waals surface area contributed by atoms with E-state index >= 15 is 0 Å². The third kappa shape index (κ3) is 18.2. The molecule has 0 unspecified atom stereocenters. The van der Waals surface area contributed by atoms with Crippen LogP contribution in [-0.4, -0.2) is 46.6 Å². The van der Waals surface area contributed by atoms with E-state index < -0.39 is 5.17 Å². The molecular weight excluding hydrogens is 438 g/mol. The Labute approximate surface area is 206 Å². The first-order valence-electron chi connectivity index (χ1n) is 11.8. The number of hydrogen-bond acceptors (Lipinski definition) is 3. The van der Waals surface area contributed by atoms with Crippen molar-refractivity contribution in [1.82, 2.24) is 10.2 Å². The van der Waals surface area contributed by atoms with Gasteiger partial charge in [-0.2, -0.15) is 0 Å². The van der Waals surface area contributed by atoms with Gasteiger partial charge in [0.25, 0.3) is 10.3 Å². The van der Waals surface area contributed by atoms with Crippen LogP contribution >= 0.6 is 24.4 Å². The number of aliphatic hydroxyl groups excluding tert-OH is 2. The van der Waals surface area contributed by atoms with Crippen LogP contribution in [0.5, 0.6) is 0 Å². The Morgan fingerprint density at radius 2 is 1.34 bits per heavy atom. The van der Waals surface area contributed by atoms with E-state index in [0.29, 0.717) is 0 Å². The van der Waals surface area contributed by atoms with Crippen molar-refractivity contribution in [3.05, 3.63) is 35.4 Å². The first kappa shape index (κ1) is 30.6. The first-order valence-corrected chi connectivity index (χ1v) is 12.6. The topological polar surface area (TPSA) is 81.8 Å². The molecule has 2 aliphatic carbocycles. The van der Waals surface area contributed by atoms with Crippen LogP contribution in [-0.2, 0) is 6.54 Å². The second kappa shape index (κ2) is 19.1. The lowest BCUT2D eigenvalue weighted by Gasteiger charge is -2.22. The summed E-state index contributed by atoms with van der Waals surface area (Å²) in [6.45, 7) is 3.41. The molecule has 0 bridgehead atoms. The molecule has 0 heterocycles. The summed E-state index contributed by atoms with van der Waals surface area (Å²) in [5, 5.41) is 17.2. The lowest BCUT2D eigenvalue weighted by molar-refractivity contribution is 0.385. The van der Waals surface area contributed by atoms with Gasteiger partial charge in [-0.15, -0.1) is 0 Å². The molecule has 0 spiro atoms. The normalized spacial score (nSPS) is 16.3. The number of rotatable bonds is 3. The fraction of sp³-hybridized carbons (Fsp3) is 0.680. The third-order valence-electron chi connectivity index (χ3n) is 5.66. The molecule has 2 saturated carbocycles. The van der Waals surface area contributed by atoms with Gasteiger partial charge in [0.15, 0.2) is 0 Å². The number of thiocarbonyl (C=S) groups is 2. The molecule has 32 heavy (non-hydrogen) atoms. The lowest BCUT2D eigenvalue weighted by Crippen LogP contribution is -2.12. The maximum absolute atomic E-state index is 7.98. The zero-order valence-corrected chi connectivity index (χ0v) is 22.1. The lowest BCUT2D eigenvalue weighted by atomic mass is 9.84. The third-order valence-corrected chi connectivity index (χ3v) is 5.87. The van der Waals surface area contributed by atoms with Gasteiger partial charge in [0, 0.05) is 13.6 Å². The van der Waals surface area contributed by atoms with E-state index in [4.69, 9.17) is 10.2 Å². The van der Waals surface area contributed by atoms with E-state index in [9.17, 15) is 0 Å². The monoisotopic (exact) mass is 483 g/mol. The minimum absolute atomic E-state index is 0.162. The van der Waals surface area contributed by atoms with E-state index in [-0.39, 0.29) is 5.17 Å². The van der Waals surface area contributed by atoms with Crippen molar-refractivity contribution in [2.24, 2.45) is 11.7 Å². The second-order valence-electron chi connectivity index (χ2n) is 8.95. The summed E-state index contributed by atoms with van der Waals surface area (Å²) in [5.41, 5.74) is 7.38. The highest BCUT2D eigenvalue weighted by atomic mass is 32.1. The fourth-order valence-electron chi connectivity index (χ4n) is 4.00. The molecule has 0 saturated heterocycles. The van der Waals surface area contributed by atoms with Gasteiger partial charge in [0.2, 0.25) is 0 Å². The van der Waals surface area contributed by atoms with Crippen molar-refractivity contribution in [2.75, 3.05) is 21.1 Å². The number of nitrogens with one attached hydrogen (secondary N) is 1. The van der Waals surface area contributed by atoms with Gasteiger partial charge < -0.3 is 26.2 Å². The van der Waals surface area contributed by atoms with E-state index in [1.807, 2.05) is 0 Å². The highest BCUT2D eigenvalue weighted by molar-refractivity contribution is 7.80. The van der Waals surface area contributed by atoms with Crippen molar-refractivity contribution in [3.8, 4) is 0 Å². The van der Waals surface area contributed by atoms with E-state index in [1.165, 1.54) is 69.8 Å². The molecule has 1 aromatic carbocycles. The molecule has 0 amide bonds. The number of benzene rings is 1.